The highest BCUT2D eigenvalue weighted by Crippen LogP contribution is 2.19. The Balaban J connectivity index is 1.85. The Morgan fingerprint density at radius 3 is 2.95 bits per heavy atom. The van der Waals surface area contributed by atoms with Crippen LogP contribution in [0.25, 0.3) is 0 Å². The molecule has 0 aliphatic carbocycles. The van der Waals surface area contributed by atoms with E-state index in [2.05, 4.69) is 10.5 Å². The van der Waals surface area contributed by atoms with Crippen LogP contribution < -0.4 is 5.32 Å². The summed E-state index contributed by atoms with van der Waals surface area (Å²) in [5, 5.41) is 6.11. The van der Waals surface area contributed by atoms with E-state index in [1.54, 1.807) is 26.0 Å². The summed E-state index contributed by atoms with van der Waals surface area (Å²) in [4.78, 5) is 11.9. The van der Waals surface area contributed by atoms with Crippen molar-refractivity contribution in [2.45, 2.75) is 24.9 Å². The molecule has 1 unspecified atom stereocenters. The third kappa shape index (κ3) is 4.09. The lowest BCUT2D eigenvalue weighted by molar-refractivity contribution is -0.115. The molecule has 1 atom stereocenters. The van der Waals surface area contributed by atoms with Gasteiger partial charge >= 0.3 is 0 Å². The van der Waals surface area contributed by atoms with Gasteiger partial charge in [0.25, 0.3) is 0 Å². The first-order chi connectivity index (χ1) is 9.54. The number of carbonyl (C=O) groups excluding carboxylic acids is 1. The highest BCUT2D eigenvalue weighted by molar-refractivity contribution is 7.99. The van der Waals surface area contributed by atoms with Gasteiger partial charge in [-0.2, -0.15) is 0 Å². The van der Waals surface area contributed by atoms with E-state index in [0.29, 0.717) is 17.3 Å². The normalized spacial score (nSPS) is 12.2. The Morgan fingerprint density at radius 2 is 2.30 bits per heavy atom. The second-order valence-corrected chi connectivity index (χ2v) is 5.72. The van der Waals surface area contributed by atoms with E-state index in [0.717, 1.165) is 5.56 Å². The highest BCUT2D eigenvalue weighted by Gasteiger charge is 2.15. The summed E-state index contributed by atoms with van der Waals surface area (Å²) in [6, 6.07) is 8.02. The third-order valence-corrected chi connectivity index (χ3v) is 3.85. The number of rotatable bonds is 5. The summed E-state index contributed by atoms with van der Waals surface area (Å²) in [6.45, 7) is 3.55. The second kappa shape index (κ2) is 6.56. The predicted octanol–water partition coefficient (Wildman–Crippen LogP) is 3.38. The lowest BCUT2D eigenvalue weighted by Crippen LogP contribution is -2.22. The quantitative estimate of drug-likeness (QED) is 0.918. The van der Waals surface area contributed by atoms with Crippen molar-refractivity contribution in [2.24, 2.45) is 0 Å². The molecule has 2 aromatic rings. The molecule has 1 N–H and O–H groups in total. The van der Waals surface area contributed by atoms with E-state index in [9.17, 15) is 9.18 Å². The van der Waals surface area contributed by atoms with Crippen LogP contribution in [0.3, 0.4) is 0 Å². The standard InChI is InChI=1S/C14H15FN2O2S/c1-9-6-13(17-19-9)16-14(18)10(2)20-8-11-4-3-5-12(15)7-11/h3-7,10H,8H2,1-2H3,(H,16,17,18). The predicted molar refractivity (Wildman–Crippen MR) is 77.0 cm³/mol. The molecule has 0 radical (unpaired) electrons. The monoisotopic (exact) mass is 294 g/mol. The van der Waals surface area contributed by atoms with Gasteiger partial charge < -0.3 is 9.84 Å². The number of nitrogens with one attached hydrogen (secondary N) is 1. The minimum Gasteiger partial charge on any atom is -0.360 e. The van der Waals surface area contributed by atoms with Gasteiger partial charge in [0.05, 0.1) is 5.25 Å². The number of anilines is 1. The maximum absolute atomic E-state index is 13.0. The molecule has 0 saturated carbocycles. The van der Waals surface area contributed by atoms with Crippen molar-refractivity contribution in [2.75, 3.05) is 5.32 Å². The van der Waals surface area contributed by atoms with Gasteiger partial charge in [0, 0.05) is 11.8 Å². The lowest BCUT2D eigenvalue weighted by Gasteiger charge is -2.10. The average Bonchev–Trinajstić information content (AvgIpc) is 2.81. The number of thioether (sulfide) groups is 1. The van der Waals surface area contributed by atoms with Crippen molar-refractivity contribution in [3.8, 4) is 0 Å². The molecule has 1 aromatic carbocycles. The molecule has 0 aliphatic rings. The molecule has 6 heteroatoms. The van der Waals surface area contributed by atoms with Crippen LogP contribution in [0, 0.1) is 12.7 Å². The molecular formula is C14H15FN2O2S. The van der Waals surface area contributed by atoms with Crippen molar-refractivity contribution in [3.63, 3.8) is 0 Å². The van der Waals surface area contributed by atoms with Crippen molar-refractivity contribution in [3.05, 3.63) is 47.5 Å². The van der Waals surface area contributed by atoms with E-state index in [-0.39, 0.29) is 17.0 Å². The largest absolute Gasteiger partial charge is 0.360 e. The first-order valence-corrected chi connectivity index (χ1v) is 7.19. The van der Waals surface area contributed by atoms with Crippen LogP contribution >= 0.6 is 11.8 Å². The number of carbonyl (C=O) groups is 1. The van der Waals surface area contributed by atoms with Crippen LogP contribution in [0.2, 0.25) is 0 Å². The van der Waals surface area contributed by atoms with Crippen molar-refractivity contribution < 1.29 is 13.7 Å². The maximum atomic E-state index is 13.0. The van der Waals surface area contributed by atoms with Crippen LogP contribution in [0.5, 0.6) is 0 Å². The number of nitrogens with zero attached hydrogens (tertiary/aromatic N) is 1. The van der Waals surface area contributed by atoms with Gasteiger partial charge in [-0.1, -0.05) is 17.3 Å². The van der Waals surface area contributed by atoms with Gasteiger partial charge in [-0.25, -0.2) is 4.39 Å². The molecule has 0 spiro atoms. The number of benzene rings is 1. The van der Waals surface area contributed by atoms with Crippen LogP contribution in [0.4, 0.5) is 10.2 Å². The van der Waals surface area contributed by atoms with Gasteiger partial charge in [0.1, 0.15) is 11.6 Å². The van der Waals surface area contributed by atoms with E-state index in [1.165, 1.54) is 23.9 Å². The van der Waals surface area contributed by atoms with E-state index in [1.807, 2.05) is 6.07 Å². The topological polar surface area (TPSA) is 55.1 Å². The van der Waals surface area contributed by atoms with Crippen LogP contribution in [-0.4, -0.2) is 16.3 Å². The Kier molecular flexibility index (Phi) is 4.79. The van der Waals surface area contributed by atoms with Crippen LogP contribution in [0.15, 0.2) is 34.9 Å². The van der Waals surface area contributed by atoms with E-state index >= 15 is 0 Å². The van der Waals surface area contributed by atoms with Crippen molar-refractivity contribution in [1.82, 2.24) is 5.16 Å². The summed E-state index contributed by atoms with van der Waals surface area (Å²) in [6.07, 6.45) is 0. The summed E-state index contributed by atoms with van der Waals surface area (Å²) < 4.78 is 17.9. The van der Waals surface area contributed by atoms with Crippen LogP contribution in [0.1, 0.15) is 18.2 Å². The van der Waals surface area contributed by atoms with E-state index in [4.69, 9.17) is 4.52 Å². The Bertz CT molecular complexity index is 600. The molecule has 4 nitrogen and oxygen atoms in total. The molecule has 0 bridgehead atoms. The molecule has 2 rings (SSSR count). The van der Waals surface area contributed by atoms with Crippen molar-refractivity contribution >= 4 is 23.5 Å². The van der Waals surface area contributed by atoms with Crippen LogP contribution in [-0.2, 0) is 10.5 Å². The molecule has 1 heterocycles. The smallest absolute Gasteiger partial charge is 0.238 e. The fourth-order valence-corrected chi connectivity index (χ4v) is 2.41. The molecule has 0 fully saturated rings. The van der Waals surface area contributed by atoms with Gasteiger partial charge in [-0.15, -0.1) is 11.8 Å². The summed E-state index contributed by atoms with van der Waals surface area (Å²) >= 11 is 1.44. The average molecular weight is 294 g/mol. The van der Waals surface area contributed by atoms with Gasteiger partial charge in [0.15, 0.2) is 5.82 Å². The molecule has 106 valence electrons. The second-order valence-electron chi connectivity index (χ2n) is 4.40. The minimum absolute atomic E-state index is 0.153. The zero-order valence-corrected chi connectivity index (χ0v) is 12.0. The number of aromatic nitrogens is 1. The Labute approximate surface area is 120 Å². The Morgan fingerprint density at radius 1 is 1.50 bits per heavy atom. The number of aryl methyl sites for hydroxylation is 1. The molecular weight excluding hydrogens is 279 g/mol. The minimum atomic E-state index is -0.268. The molecule has 0 saturated heterocycles. The lowest BCUT2D eigenvalue weighted by atomic mass is 10.2. The fourth-order valence-electron chi connectivity index (χ4n) is 1.58. The SMILES string of the molecule is Cc1cc(NC(=O)C(C)SCc2cccc(F)c2)no1. The first-order valence-electron chi connectivity index (χ1n) is 6.15. The summed E-state index contributed by atoms with van der Waals surface area (Å²) in [5.41, 5.74) is 0.854. The fraction of sp³-hybridized carbons (Fsp3) is 0.286. The Hall–Kier alpha value is -1.82. The first kappa shape index (κ1) is 14.6. The van der Waals surface area contributed by atoms with Gasteiger partial charge in [-0.3, -0.25) is 4.79 Å². The maximum Gasteiger partial charge on any atom is 0.238 e. The van der Waals surface area contributed by atoms with Crippen molar-refractivity contribution in [1.29, 1.82) is 0 Å². The van der Waals surface area contributed by atoms with Gasteiger partial charge in [0.2, 0.25) is 5.91 Å². The number of hydrogen-bond acceptors (Lipinski definition) is 4. The molecule has 0 aliphatic heterocycles. The number of hydrogen-bond donors (Lipinski definition) is 1. The number of amides is 1. The third-order valence-electron chi connectivity index (χ3n) is 2.64. The molecule has 1 aromatic heterocycles. The zero-order chi connectivity index (χ0) is 14.5. The molecule has 1 amide bonds. The summed E-state index contributed by atoms with van der Waals surface area (Å²) in [7, 11) is 0. The molecule has 20 heavy (non-hydrogen) atoms. The number of halogens is 1. The summed E-state index contributed by atoms with van der Waals surface area (Å²) in [5.74, 6) is 1.20. The van der Waals surface area contributed by atoms with E-state index < -0.39 is 0 Å². The highest BCUT2D eigenvalue weighted by atomic mass is 32.2. The zero-order valence-electron chi connectivity index (χ0n) is 11.2. The van der Waals surface area contributed by atoms with Gasteiger partial charge in [-0.05, 0) is 31.5 Å².